The molecule has 0 aromatic heterocycles. The van der Waals surface area contributed by atoms with Gasteiger partial charge >= 0.3 is 151 Å². The zero-order chi connectivity index (χ0) is 16.6. The minimum atomic E-state index is -0.0420. The van der Waals surface area contributed by atoms with Gasteiger partial charge < -0.3 is 0 Å². The van der Waals surface area contributed by atoms with Crippen molar-refractivity contribution >= 4 is 25.4 Å². The van der Waals surface area contributed by atoms with E-state index in [9.17, 15) is 4.79 Å². The van der Waals surface area contributed by atoms with E-state index in [2.05, 4.69) is 42.5 Å². The summed E-state index contributed by atoms with van der Waals surface area (Å²) in [5, 5.41) is 0. The number of benzene rings is 2. The predicted octanol–water partition coefficient (Wildman–Crippen LogP) is 3.92. The van der Waals surface area contributed by atoms with Crippen LogP contribution in [0.5, 0.6) is 0 Å². The van der Waals surface area contributed by atoms with Crippen molar-refractivity contribution in [1.82, 2.24) is 0 Å². The number of hydrogen-bond donors (Lipinski definition) is 0. The van der Waals surface area contributed by atoms with Crippen LogP contribution in [0.3, 0.4) is 0 Å². The molecule has 2 aromatic rings. The Morgan fingerprint density at radius 2 is 1.62 bits per heavy atom. The Morgan fingerprint density at radius 1 is 0.958 bits per heavy atom. The van der Waals surface area contributed by atoms with E-state index in [0.29, 0.717) is 26.2 Å². The van der Waals surface area contributed by atoms with Crippen LogP contribution in [0.15, 0.2) is 60.7 Å². The van der Waals surface area contributed by atoms with Crippen molar-refractivity contribution in [1.29, 1.82) is 0 Å². The molecule has 1 aliphatic carbocycles. The van der Waals surface area contributed by atoms with Gasteiger partial charge in [-0.3, -0.25) is 0 Å². The van der Waals surface area contributed by atoms with Crippen molar-refractivity contribution in [3.63, 3.8) is 0 Å². The van der Waals surface area contributed by atoms with Crippen molar-refractivity contribution in [3.8, 4) is 0 Å². The van der Waals surface area contributed by atoms with Crippen molar-refractivity contribution in [2.45, 2.75) is 49.4 Å². The number of ether oxygens (including phenoxy) is 1. The molecule has 0 aliphatic heterocycles. The number of hydrogen-bond acceptors (Lipinski definition) is 2. The van der Waals surface area contributed by atoms with Crippen LogP contribution in [0.25, 0.3) is 0 Å². The Bertz CT molecular complexity index is 627. The monoisotopic (exact) mass is 388 g/mol. The molecule has 2 unspecified atom stereocenters. The van der Waals surface area contributed by atoms with Gasteiger partial charge in [-0.25, -0.2) is 0 Å². The van der Waals surface area contributed by atoms with E-state index in [1.165, 1.54) is 29.3 Å². The van der Waals surface area contributed by atoms with Gasteiger partial charge in [0.2, 0.25) is 0 Å². The molecule has 1 saturated carbocycles. The summed E-state index contributed by atoms with van der Waals surface area (Å²) in [6, 6.07) is 20.8. The van der Waals surface area contributed by atoms with Crippen LogP contribution in [0, 0.1) is 0 Å². The third kappa shape index (κ3) is 5.22. The quantitative estimate of drug-likeness (QED) is 0.555. The summed E-state index contributed by atoms with van der Waals surface area (Å²) in [5.41, 5.74) is 1.20. The first-order chi connectivity index (χ1) is 11.8. The van der Waals surface area contributed by atoms with Crippen molar-refractivity contribution in [2.24, 2.45) is 0 Å². The molecule has 3 rings (SSSR count). The summed E-state index contributed by atoms with van der Waals surface area (Å²) in [7, 11) is 0. The van der Waals surface area contributed by atoms with Crippen LogP contribution >= 0.6 is 0 Å². The molecule has 0 bridgehead atoms. The topological polar surface area (TPSA) is 26.3 Å². The average molecular weight is 387 g/mol. The van der Waals surface area contributed by atoms with Gasteiger partial charge in [0.25, 0.3) is 0 Å². The summed E-state index contributed by atoms with van der Waals surface area (Å²) >= 11 is 0.381. The van der Waals surface area contributed by atoms with Gasteiger partial charge in [0, 0.05) is 0 Å². The predicted molar refractivity (Wildman–Crippen MR) is 98.7 cm³/mol. The zero-order valence-electron chi connectivity index (χ0n) is 13.9. The maximum absolute atomic E-state index is 12.3. The second-order valence-electron chi connectivity index (χ2n) is 6.27. The Hall–Kier alpha value is -1.57. The fourth-order valence-electron chi connectivity index (χ4n) is 3.13. The third-order valence-electron chi connectivity index (χ3n) is 4.42. The molecule has 0 saturated heterocycles. The average Bonchev–Trinajstić information content (AvgIpc) is 2.63. The normalized spacial score (nSPS) is 20.5. The van der Waals surface area contributed by atoms with Gasteiger partial charge in [0.05, 0.1) is 0 Å². The molecule has 24 heavy (non-hydrogen) atoms. The molecule has 0 heterocycles. The summed E-state index contributed by atoms with van der Waals surface area (Å²) in [5.74, 6) is -0.0420. The molecule has 2 atom stereocenters. The SMILES string of the molecule is O=C(CCc1ccccc1)OC1CCCCC1[Se]c1ccccc1. The summed E-state index contributed by atoms with van der Waals surface area (Å²) < 4.78 is 7.28. The molecule has 126 valence electrons. The molecule has 0 N–H and O–H groups in total. The molecule has 0 amide bonds. The van der Waals surface area contributed by atoms with Crippen LogP contribution in [0.4, 0.5) is 0 Å². The molecule has 0 spiro atoms. The van der Waals surface area contributed by atoms with Crippen molar-refractivity contribution in [3.05, 3.63) is 66.2 Å². The molecule has 0 radical (unpaired) electrons. The molecular weight excluding hydrogens is 363 g/mol. The van der Waals surface area contributed by atoms with Crippen LogP contribution < -0.4 is 4.46 Å². The maximum atomic E-state index is 12.3. The van der Waals surface area contributed by atoms with E-state index < -0.39 is 0 Å². The van der Waals surface area contributed by atoms with Gasteiger partial charge in [-0.1, -0.05) is 0 Å². The minimum absolute atomic E-state index is 0.0420. The first-order valence-electron chi connectivity index (χ1n) is 8.76. The van der Waals surface area contributed by atoms with Crippen LogP contribution in [0.2, 0.25) is 4.82 Å². The van der Waals surface area contributed by atoms with Crippen molar-refractivity contribution in [2.75, 3.05) is 0 Å². The molecule has 1 fully saturated rings. The Labute approximate surface area is 150 Å². The summed E-state index contributed by atoms with van der Waals surface area (Å²) in [4.78, 5) is 12.8. The second-order valence-corrected chi connectivity index (χ2v) is 9.02. The third-order valence-corrected chi connectivity index (χ3v) is 7.32. The zero-order valence-corrected chi connectivity index (χ0v) is 15.6. The van der Waals surface area contributed by atoms with E-state index in [1.54, 1.807) is 0 Å². The van der Waals surface area contributed by atoms with Gasteiger partial charge in [-0.05, 0) is 0 Å². The molecule has 3 heteroatoms. The molecule has 1 aliphatic rings. The van der Waals surface area contributed by atoms with E-state index >= 15 is 0 Å². The number of esters is 1. The number of carbonyl (C=O) groups is 1. The second kappa shape index (κ2) is 9.05. The first-order valence-corrected chi connectivity index (χ1v) is 10.6. The van der Waals surface area contributed by atoms with E-state index in [-0.39, 0.29) is 12.1 Å². The van der Waals surface area contributed by atoms with Crippen LogP contribution in [-0.4, -0.2) is 27.0 Å². The van der Waals surface area contributed by atoms with E-state index in [0.717, 1.165) is 12.8 Å². The molecule has 2 aromatic carbocycles. The van der Waals surface area contributed by atoms with Gasteiger partial charge in [0.1, 0.15) is 0 Å². The van der Waals surface area contributed by atoms with Crippen LogP contribution in [-0.2, 0) is 16.0 Å². The van der Waals surface area contributed by atoms with Gasteiger partial charge in [0.15, 0.2) is 0 Å². The number of rotatable bonds is 6. The van der Waals surface area contributed by atoms with Gasteiger partial charge in [-0.15, -0.1) is 0 Å². The summed E-state index contributed by atoms with van der Waals surface area (Å²) in [6.07, 6.45) is 6.01. The fraction of sp³-hybridized carbons (Fsp3) is 0.381. The first kappa shape index (κ1) is 17.3. The summed E-state index contributed by atoms with van der Waals surface area (Å²) in [6.45, 7) is 0. The molecule has 2 nitrogen and oxygen atoms in total. The van der Waals surface area contributed by atoms with E-state index in [1.807, 2.05) is 18.2 Å². The Morgan fingerprint density at radius 3 is 2.38 bits per heavy atom. The number of carbonyl (C=O) groups excluding carboxylic acids is 1. The fourth-order valence-corrected chi connectivity index (χ4v) is 5.84. The van der Waals surface area contributed by atoms with Gasteiger partial charge in [-0.2, -0.15) is 0 Å². The number of aryl methyl sites for hydroxylation is 1. The van der Waals surface area contributed by atoms with E-state index in [4.69, 9.17) is 4.74 Å². The Balaban J connectivity index is 1.52. The van der Waals surface area contributed by atoms with Crippen molar-refractivity contribution < 1.29 is 9.53 Å². The molecular formula is C21H24O2Se. The van der Waals surface area contributed by atoms with Crippen LogP contribution in [0.1, 0.15) is 37.7 Å². The standard InChI is InChI=1S/C21H24O2Se/c22-21(16-15-17-9-3-1-4-10-17)23-19-13-7-8-14-20(19)24-18-11-5-2-6-12-18/h1-6,9-12,19-20H,7-8,13-16H2. The Kier molecular flexibility index (Phi) is 6.51.